The summed E-state index contributed by atoms with van der Waals surface area (Å²) < 4.78 is 11.9. The smallest absolute Gasteiger partial charge is 0.114 e. The van der Waals surface area contributed by atoms with Crippen LogP contribution in [-0.4, -0.2) is 19.6 Å². The van der Waals surface area contributed by atoms with Gasteiger partial charge in [-0.25, -0.2) is 4.21 Å². The summed E-state index contributed by atoms with van der Waals surface area (Å²) in [5, 5.41) is 11.1. The summed E-state index contributed by atoms with van der Waals surface area (Å²) in [6.07, 6.45) is 1.51. The van der Waals surface area contributed by atoms with E-state index in [9.17, 15) is 4.21 Å². The van der Waals surface area contributed by atoms with Gasteiger partial charge in [0.1, 0.15) is 5.69 Å². The Hall–Kier alpha value is -1.62. The fraction of sp³-hybridized carbons (Fsp3) is 0. The van der Waals surface area contributed by atoms with E-state index in [0.717, 1.165) is 10.5 Å². The van der Waals surface area contributed by atoms with Crippen LogP contribution in [0, 0.1) is 0 Å². The molecule has 4 nitrogen and oxygen atoms in total. The van der Waals surface area contributed by atoms with Gasteiger partial charge in [0.05, 0.1) is 26.8 Å². The van der Waals surface area contributed by atoms with E-state index in [-0.39, 0.29) is 0 Å². The Morgan fingerprint density at radius 2 is 2.00 bits per heavy atom. The van der Waals surface area contributed by atoms with Crippen molar-refractivity contribution >= 4 is 10.8 Å². The molecule has 0 radical (unpaired) electrons. The maximum Gasteiger partial charge on any atom is 0.114 e. The van der Waals surface area contributed by atoms with Crippen molar-refractivity contribution in [2.45, 2.75) is 9.79 Å². The van der Waals surface area contributed by atoms with Crippen molar-refractivity contribution in [3.63, 3.8) is 0 Å². The molecule has 1 unspecified atom stereocenters. The number of fused-ring (bicyclic) bond motifs is 3. The molecule has 5 heteroatoms. The topological polar surface area (TPSA) is 55.7 Å². The van der Waals surface area contributed by atoms with Crippen LogP contribution in [0.2, 0.25) is 0 Å². The molecule has 0 saturated heterocycles. The molecule has 0 fully saturated rings. The Labute approximate surface area is 82.5 Å². The van der Waals surface area contributed by atoms with Crippen LogP contribution >= 0.6 is 0 Å². The van der Waals surface area contributed by atoms with Gasteiger partial charge in [-0.1, -0.05) is 18.2 Å². The normalized spacial score (nSPS) is 17.6. The lowest BCUT2D eigenvalue weighted by atomic mass is 10.2. The summed E-state index contributed by atoms with van der Waals surface area (Å²) in [5.74, 6) is 0. The maximum absolute atomic E-state index is 11.9. The fourth-order valence-corrected chi connectivity index (χ4v) is 2.80. The van der Waals surface area contributed by atoms with Crippen molar-refractivity contribution in [2.75, 3.05) is 0 Å². The highest BCUT2D eigenvalue weighted by molar-refractivity contribution is 7.85. The largest absolute Gasteiger partial charge is 0.249 e. The second-order valence-electron chi connectivity index (χ2n) is 2.91. The first kappa shape index (κ1) is 7.75. The number of benzene rings is 1. The molecule has 1 aliphatic heterocycles. The first-order valence-electron chi connectivity index (χ1n) is 4.07. The summed E-state index contributed by atoms with van der Waals surface area (Å²) >= 11 is 0. The van der Waals surface area contributed by atoms with Gasteiger partial charge in [-0.2, -0.15) is 0 Å². The monoisotopic (exact) mass is 203 g/mol. The molecular formula is C9H5N3OS. The Morgan fingerprint density at radius 1 is 1.14 bits per heavy atom. The quantitative estimate of drug-likeness (QED) is 0.547. The summed E-state index contributed by atoms with van der Waals surface area (Å²) in [6, 6.07) is 7.50. The lowest BCUT2D eigenvalue weighted by molar-refractivity contribution is 0.683. The van der Waals surface area contributed by atoms with Gasteiger partial charge in [0.15, 0.2) is 0 Å². The molecule has 2 aromatic rings. The zero-order valence-electron chi connectivity index (χ0n) is 7.04. The second-order valence-corrected chi connectivity index (χ2v) is 4.33. The van der Waals surface area contributed by atoms with Crippen LogP contribution in [0.5, 0.6) is 0 Å². The zero-order valence-corrected chi connectivity index (χ0v) is 7.86. The van der Waals surface area contributed by atoms with Crippen LogP contribution in [0.1, 0.15) is 0 Å². The molecule has 0 N–H and O–H groups in total. The molecule has 0 aliphatic carbocycles. The van der Waals surface area contributed by atoms with Crippen LogP contribution in [0.4, 0.5) is 0 Å². The highest BCUT2D eigenvalue weighted by Crippen LogP contribution is 2.37. The predicted octanol–water partition coefficient (Wildman–Crippen LogP) is 1.02. The summed E-state index contributed by atoms with van der Waals surface area (Å²) in [5.41, 5.74) is 1.59. The van der Waals surface area contributed by atoms with Crippen molar-refractivity contribution < 1.29 is 4.21 Å². The van der Waals surface area contributed by atoms with E-state index in [1.165, 1.54) is 6.20 Å². The van der Waals surface area contributed by atoms with E-state index in [2.05, 4.69) is 15.4 Å². The lowest BCUT2D eigenvalue weighted by Gasteiger charge is -1.93. The Balaban J connectivity index is 2.42. The summed E-state index contributed by atoms with van der Waals surface area (Å²) in [4.78, 5) is 1.45. The molecule has 1 aromatic heterocycles. The van der Waals surface area contributed by atoms with Crippen molar-refractivity contribution in [1.29, 1.82) is 0 Å². The van der Waals surface area contributed by atoms with E-state index < -0.39 is 10.8 Å². The minimum Gasteiger partial charge on any atom is -0.249 e. The average Bonchev–Trinajstić information content (AvgIpc) is 2.55. The predicted molar refractivity (Wildman–Crippen MR) is 49.9 cm³/mol. The fourth-order valence-electron chi connectivity index (χ4n) is 1.52. The highest BCUT2D eigenvalue weighted by Gasteiger charge is 2.26. The number of hydrogen-bond donors (Lipinski definition) is 0. The molecule has 0 amide bonds. The number of nitrogens with zero attached hydrogens (tertiary/aromatic N) is 3. The number of rotatable bonds is 0. The summed E-state index contributed by atoms with van der Waals surface area (Å²) in [7, 11) is -1.14. The molecule has 0 saturated carbocycles. The summed E-state index contributed by atoms with van der Waals surface area (Å²) in [6.45, 7) is 0. The molecule has 14 heavy (non-hydrogen) atoms. The van der Waals surface area contributed by atoms with Gasteiger partial charge in [-0.15, -0.1) is 10.2 Å². The van der Waals surface area contributed by atoms with Crippen LogP contribution < -0.4 is 0 Å². The number of aromatic nitrogens is 3. The van der Waals surface area contributed by atoms with E-state index in [1.807, 2.05) is 24.3 Å². The van der Waals surface area contributed by atoms with Crippen molar-refractivity contribution in [2.24, 2.45) is 0 Å². The zero-order chi connectivity index (χ0) is 9.54. The minimum absolute atomic E-state index is 0.654. The molecular weight excluding hydrogens is 198 g/mol. The molecule has 1 aromatic carbocycles. The lowest BCUT2D eigenvalue weighted by Crippen LogP contribution is -1.91. The Morgan fingerprint density at radius 3 is 2.93 bits per heavy atom. The molecule has 0 bridgehead atoms. The van der Waals surface area contributed by atoms with Crippen molar-refractivity contribution in [1.82, 2.24) is 15.4 Å². The van der Waals surface area contributed by atoms with E-state index in [4.69, 9.17) is 0 Å². The standard InChI is InChI=1S/C9H5N3OS/c13-14-7-4-2-1-3-6(7)9-8(14)5-10-12-11-9/h1-5H. The third-order valence-corrected chi connectivity index (χ3v) is 3.60. The SMILES string of the molecule is O=S1c2ccccc2-c2nnncc21. The molecule has 1 aliphatic rings. The molecule has 3 rings (SSSR count). The minimum atomic E-state index is -1.14. The van der Waals surface area contributed by atoms with Gasteiger partial charge in [-0.3, -0.25) is 0 Å². The molecule has 68 valence electrons. The van der Waals surface area contributed by atoms with Gasteiger partial charge in [0, 0.05) is 5.56 Å². The van der Waals surface area contributed by atoms with Crippen molar-refractivity contribution in [3.8, 4) is 11.3 Å². The molecule has 2 heterocycles. The highest BCUT2D eigenvalue weighted by atomic mass is 32.2. The molecule has 1 atom stereocenters. The van der Waals surface area contributed by atoms with Gasteiger partial charge in [0.2, 0.25) is 0 Å². The van der Waals surface area contributed by atoms with Crippen LogP contribution in [0.15, 0.2) is 40.3 Å². The first-order valence-corrected chi connectivity index (χ1v) is 5.22. The van der Waals surface area contributed by atoms with Crippen LogP contribution in [0.3, 0.4) is 0 Å². The average molecular weight is 203 g/mol. The van der Waals surface area contributed by atoms with Crippen LogP contribution in [-0.2, 0) is 10.8 Å². The van der Waals surface area contributed by atoms with Gasteiger partial charge < -0.3 is 0 Å². The van der Waals surface area contributed by atoms with Crippen LogP contribution in [0.25, 0.3) is 11.3 Å². The molecule has 0 spiro atoms. The van der Waals surface area contributed by atoms with Gasteiger partial charge >= 0.3 is 0 Å². The van der Waals surface area contributed by atoms with Gasteiger partial charge in [0.25, 0.3) is 0 Å². The van der Waals surface area contributed by atoms with E-state index >= 15 is 0 Å². The third kappa shape index (κ3) is 0.871. The first-order chi connectivity index (χ1) is 6.88. The Bertz CT molecular complexity index is 494. The van der Waals surface area contributed by atoms with Crippen molar-refractivity contribution in [3.05, 3.63) is 30.5 Å². The maximum atomic E-state index is 11.9. The van der Waals surface area contributed by atoms with E-state index in [0.29, 0.717) is 10.6 Å². The number of hydrogen-bond acceptors (Lipinski definition) is 4. The third-order valence-electron chi connectivity index (χ3n) is 2.15. The Kier molecular flexibility index (Phi) is 1.49. The van der Waals surface area contributed by atoms with E-state index in [1.54, 1.807) is 0 Å². The second kappa shape index (κ2) is 2.68. The van der Waals surface area contributed by atoms with Gasteiger partial charge in [-0.05, 0) is 11.3 Å².